The van der Waals surface area contributed by atoms with E-state index >= 15 is 0 Å². The zero-order valence-electron chi connectivity index (χ0n) is 7.79. The van der Waals surface area contributed by atoms with Gasteiger partial charge in [-0.05, 0) is 12.8 Å². The standard InChI is InChI=1S/C8H15N3S/c1-4-9-8-11-10-7(5-12-8)6(2)3/h6H,4-5H2,1-3H3,(H,9,11). The van der Waals surface area contributed by atoms with Gasteiger partial charge >= 0.3 is 0 Å². The van der Waals surface area contributed by atoms with Crippen LogP contribution in [0.15, 0.2) is 10.1 Å². The Morgan fingerprint density at radius 2 is 2.42 bits per heavy atom. The van der Waals surface area contributed by atoms with Crippen molar-refractivity contribution in [1.82, 2.24) is 5.43 Å². The Balaban J connectivity index is 2.53. The molecule has 0 spiro atoms. The molecule has 0 amide bonds. The number of hydrogen-bond acceptors (Lipinski definition) is 3. The van der Waals surface area contributed by atoms with Gasteiger partial charge in [0.05, 0.1) is 5.71 Å². The van der Waals surface area contributed by atoms with Crippen LogP contribution in [0, 0.1) is 5.92 Å². The number of nitrogens with zero attached hydrogens (tertiary/aromatic N) is 2. The molecule has 68 valence electrons. The molecular weight excluding hydrogens is 170 g/mol. The number of nitrogens with one attached hydrogen (secondary N) is 1. The van der Waals surface area contributed by atoms with Gasteiger partial charge in [-0.15, -0.1) is 0 Å². The van der Waals surface area contributed by atoms with E-state index in [4.69, 9.17) is 0 Å². The molecule has 1 N–H and O–H groups in total. The Bertz CT molecular complexity index is 208. The van der Waals surface area contributed by atoms with E-state index in [2.05, 4.69) is 29.4 Å². The van der Waals surface area contributed by atoms with Gasteiger partial charge in [-0.2, -0.15) is 5.10 Å². The van der Waals surface area contributed by atoms with Crippen LogP contribution in [0.25, 0.3) is 0 Å². The molecular formula is C8H15N3S. The highest BCUT2D eigenvalue weighted by atomic mass is 32.2. The molecule has 0 aromatic rings. The van der Waals surface area contributed by atoms with Crippen molar-refractivity contribution in [3.05, 3.63) is 0 Å². The average Bonchev–Trinajstić information content (AvgIpc) is 2.06. The summed E-state index contributed by atoms with van der Waals surface area (Å²) in [6, 6.07) is 0. The fourth-order valence-corrected chi connectivity index (χ4v) is 1.86. The minimum atomic E-state index is 0.535. The highest BCUT2D eigenvalue weighted by Crippen LogP contribution is 2.12. The van der Waals surface area contributed by atoms with Crippen LogP contribution in [-0.4, -0.2) is 23.2 Å². The van der Waals surface area contributed by atoms with Crippen LogP contribution in [0.3, 0.4) is 0 Å². The van der Waals surface area contributed by atoms with Gasteiger partial charge in [0.2, 0.25) is 0 Å². The van der Waals surface area contributed by atoms with Gasteiger partial charge in [-0.3, -0.25) is 10.4 Å². The van der Waals surface area contributed by atoms with E-state index in [0.717, 1.165) is 17.5 Å². The maximum atomic E-state index is 4.24. The molecule has 0 aromatic carbocycles. The average molecular weight is 185 g/mol. The summed E-state index contributed by atoms with van der Waals surface area (Å²) < 4.78 is 0. The number of hydrogen-bond donors (Lipinski definition) is 1. The van der Waals surface area contributed by atoms with E-state index in [1.807, 2.05) is 6.92 Å². The van der Waals surface area contributed by atoms with Crippen molar-refractivity contribution in [3.8, 4) is 0 Å². The lowest BCUT2D eigenvalue weighted by Gasteiger charge is -2.16. The number of aliphatic imine (C=N–C) groups is 1. The minimum absolute atomic E-state index is 0.535. The Morgan fingerprint density at radius 3 is 2.83 bits per heavy atom. The molecule has 0 saturated carbocycles. The Labute approximate surface area is 77.7 Å². The summed E-state index contributed by atoms with van der Waals surface area (Å²) in [6.45, 7) is 7.16. The van der Waals surface area contributed by atoms with E-state index in [1.54, 1.807) is 11.8 Å². The summed E-state index contributed by atoms with van der Waals surface area (Å²) in [5.74, 6) is 1.51. The van der Waals surface area contributed by atoms with Crippen LogP contribution < -0.4 is 5.43 Å². The molecule has 1 rings (SSSR count). The van der Waals surface area contributed by atoms with Crippen molar-refractivity contribution < 1.29 is 0 Å². The molecule has 0 atom stereocenters. The molecule has 1 heterocycles. The normalized spacial score (nSPS) is 21.0. The zero-order valence-corrected chi connectivity index (χ0v) is 8.61. The van der Waals surface area contributed by atoms with Crippen molar-refractivity contribution in [1.29, 1.82) is 0 Å². The Hall–Kier alpha value is -0.510. The number of rotatable bonds is 2. The van der Waals surface area contributed by atoms with Gasteiger partial charge in [-0.1, -0.05) is 25.6 Å². The third-order valence-corrected chi connectivity index (χ3v) is 2.55. The highest BCUT2D eigenvalue weighted by molar-refractivity contribution is 8.14. The molecule has 0 unspecified atom stereocenters. The first-order chi connectivity index (χ1) is 5.74. The molecule has 0 fully saturated rings. The minimum Gasteiger partial charge on any atom is -0.262 e. The molecule has 1 aliphatic heterocycles. The quantitative estimate of drug-likeness (QED) is 0.711. The van der Waals surface area contributed by atoms with Gasteiger partial charge in [0, 0.05) is 12.3 Å². The van der Waals surface area contributed by atoms with Crippen LogP contribution in [-0.2, 0) is 0 Å². The van der Waals surface area contributed by atoms with Gasteiger partial charge in [0.25, 0.3) is 0 Å². The summed E-state index contributed by atoms with van der Waals surface area (Å²) in [4.78, 5) is 4.24. The predicted octanol–water partition coefficient (Wildman–Crippen LogP) is 1.71. The second kappa shape index (κ2) is 4.50. The van der Waals surface area contributed by atoms with Crippen LogP contribution in [0.4, 0.5) is 0 Å². The predicted molar refractivity (Wildman–Crippen MR) is 55.8 cm³/mol. The second-order valence-corrected chi connectivity index (χ2v) is 3.90. The van der Waals surface area contributed by atoms with Crippen LogP contribution in [0.2, 0.25) is 0 Å². The fraction of sp³-hybridized carbons (Fsp3) is 0.750. The smallest absolute Gasteiger partial charge is 0.177 e. The van der Waals surface area contributed by atoms with Gasteiger partial charge in [-0.25, -0.2) is 0 Å². The van der Waals surface area contributed by atoms with Crippen LogP contribution in [0.5, 0.6) is 0 Å². The van der Waals surface area contributed by atoms with E-state index in [1.165, 1.54) is 5.71 Å². The molecule has 0 radical (unpaired) electrons. The molecule has 3 nitrogen and oxygen atoms in total. The molecule has 12 heavy (non-hydrogen) atoms. The Kier molecular flexibility index (Phi) is 3.59. The lowest BCUT2D eigenvalue weighted by atomic mass is 10.1. The Morgan fingerprint density at radius 1 is 1.67 bits per heavy atom. The fourth-order valence-electron chi connectivity index (χ4n) is 0.847. The van der Waals surface area contributed by atoms with E-state index in [0.29, 0.717) is 5.92 Å². The third-order valence-electron chi connectivity index (χ3n) is 1.62. The monoisotopic (exact) mass is 185 g/mol. The molecule has 0 aliphatic carbocycles. The van der Waals surface area contributed by atoms with Crippen LogP contribution >= 0.6 is 11.8 Å². The summed E-state index contributed by atoms with van der Waals surface area (Å²) in [7, 11) is 0. The maximum absolute atomic E-state index is 4.24. The maximum Gasteiger partial charge on any atom is 0.177 e. The molecule has 0 saturated heterocycles. The summed E-state index contributed by atoms with van der Waals surface area (Å²) in [5.41, 5.74) is 4.17. The molecule has 1 aliphatic rings. The van der Waals surface area contributed by atoms with Crippen molar-refractivity contribution in [2.45, 2.75) is 20.8 Å². The van der Waals surface area contributed by atoms with Crippen LogP contribution in [0.1, 0.15) is 20.8 Å². The van der Waals surface area contributed by atoms with E-state index in [9.17, 15) is 0 Å². The van der Waals surface area contributed by atoms with E-state index in [-0.39, 0.29) is 0 Å². The van der Waals surface area contributed by atoms with Crippen molar-refractivity contribution >= 4 is 22.6 Å². The summed E-state index contributed by atoms with van der Waals surface area (Å²) in [5, 5.41) is 5.19. The van der Waals surface area contributed by atoms with E-state index < -0.39 is 0 Å². The zero-order chi connectivity index (χ0) is 8.97. The SMILES string of the molecule is CCN=C1NN=C(C(C)C)CS1. The third kappa shape index (κ3) is 2.52. The topological polar surface area (TPSA) is 36.8 Å². The van der Waals surface area contributed by atoms with Gasteiger partial charge in [0.1, 0.15) is 0 Å². The van der Waals surface area contributed by atoms with Crippen molar-refractivity contribution in [3.63, 3.8) is 0 Å². The lowest BCUT2D eigenvalue weighted by Crippen LogP contribution is -2.27. The summed E-state index contributed by atoms with van der Waals surface area (Å²) in [6.07, 6.45) is 0. The largest absolute Gasteiger partial charge is 0.262 e. The lowest BCUT2D eigenvalue weighted by molar-refractivity contribution is 0.852. The number of amidine groups is 1. The highest BCUT2D eigenvalue weighted by Gasteiger charge is 2.12. The van der Waals surface area contributed by atoms with Crippen molar-refractivity contribution in [2.75, 3.05) is 12.3 Å². The molecule has 0 aromatic heterocycles. The number of thioether (sulfide) groups is 1. The first-order valence-corrected chi connectivity index (χ1v) is 5.22. The molecule has 0 bridgehead atoms. The molecule has 4 heteroatoms. The first kappa shape index (κ1) is 9.58. The summed E-state index contributed by atoms with van der Waals surface area (Å²) >= 11 is 1.73. The first-order valence-electron chi connectivity index (χ1n) is 4.23. The van der Waals surface area contributed by atoms with Gasteiger partial charge in [0.15, 0.2) is 5.17 Å². The van der Waals surface area contributed by atoms with Crippen molar-refractivity contribution in [2.24, 2.45) is 16.0 Å². The second-order valence-electron chi connectivity index (χ2n) is 2.94. The van der Waals surface area contributed by atoms with Gasteiger partial charge < -0.3 is 0 Å². The number of hydrazone groups is 1.